The zero-order chi connectivity index (χ0) is 13.9. The molecule has 106 valence electrons. The van der Waals surface area contributed by atoms with Crippen molar-refractivity contribution in [3.05, 3.63) is 0 Å². The molecule has 0 aromatic carbocycles. The van der Waals surface area contributed by atoms with Gasteiger partial charge < -0.3 is 24.4 Å². The molecule has 2 N–H and O–H groups in total. The molecular weight excluding hydrogens is 251 g/mol. The number of carbonyl (C=O) groups excluding carboxylic acids is 1. The van der Waals surface area contributed by atoms with Crippen LogP contribution >= 0.6 is 0 Å². The molecule has 1 aliphatic rings. The highest BCUT2D eigenvalue weighted by Gasteiger charge is 2.50. The van der Waals surface area contributed by atoms with E-state index in [-0.39, 0.29) is 0 Å². The number of carbonyl (C=O) groups is 1. The normalized spacial score (nSPS) is 29.9. The van der Waals surface area contributed by atoms with Gasteiger partial charge in [-0.1, -0.05) is 0 Å². The predicted molar refractivity (Wildman–Crippen MR) is 54.9 cm³/mol. The summed E-state index contributed by atoms with van der Waals surface area (Å²) in [5.41, 5.74) is 0. The number of esters is 1. The lowest BCUT2D eigenvalue weighted by Gasteiger charge is -2.24. The summed E-state index contributed by atoms with van der Waals surface area (Å²) < 4.78 is 26.7. The van der Waals surface area contributed by atoms with E-state index in [4.69, 9.17) is 9.47 Å². The van der Waals surface area contributed by atoms with Crippen molar-refractivity contribution in [1.82, 2.24) is 0 Å². The topological polar surface area (TPSA) is 94.5 Å². The fourth-order valence-corrected chi connectivity index (χ4v) is 1.72. The first-order valence-corrected chi connectivity index (χ1v) is 5.35. The van der Waals surface area contributed by atoms with Crippen molar-refractivity contribution in [2.24, 2.45) is 0 Å². The Bertz CT molecular complexity index is 296. The molecule has 1 rings (SSSR count). The number of rotatable bonds is 5. The first kappa shape index (κ1) is 15.3. The summed E-state index contributed by atoms with van der Waals surface area (Å²) in [6.07, 6.45) is -5.47. The predicted octanol–water partition coefficient (Wildman–Crippen LogP) is -0.698. The van der Waals surface area contributed by atoms with Crippen LogP contribution in [-0.4, -0.2) is 60.1 Å². The number of hydrogen-bond acceptors (Lipinski definition) is 7. The third-order valence-corrected chi connectivity index (χ3v) is 2.53. The average Bonchev–Trinajstić information content (AvgIpc) is 2.63. The number of ether oxygens (including phenoxy) is 3. The molecule has 4 atom stereocenters. The second-order valence-electron chi connectivity index (χ2n) is 4.38. The highest BCUT2D eigenvalue weighted by molar-refractivity contribution is 5.75. The summed E-state index contributed by atoms with van der Waals surface area (Å²) in [6.45, 7) is 2.33. The highest BCUT2D eigenvalue weighted by atomic mass is 19.3. The van der Waals surface area contributed by atoms with Crippen LogP contribution in [0, 0.1) is 0 Å². The minimum Gasteiger partial charge on any atom is -0.467 e. The zero-order valence-corrected chi connectivity index (χ0v) is 10.3. The lowest BCUT2D eigenvalue weighted by atomic mass is 10.0. The van der Waals surface area contributed by atoms with Gasteiger partial charge in [0.05, 0.1) is 7.11 Å². The van der Waals surface area contributed by atoms with Crippen molar-refractivity contribution in [1.29, 1.82) is 0 Å². The van der Waals surface area contributed by atoms with E-state index in [0.717, 1.165) is 7.11 Å². The largest absolute Gasteiger partial charge is 0.467 e. The van der Waals surface area contributed by atoms with E-state index in [1.54, 1.807) is 0 Å². The number of methoxy groups -OCH3 is 1. The molecule has 0 saturated carbocycles. The smallest absolute Gasteiger partial charge is 0.337 e. The molecule has 1 fully saturated rings. The molecule has 0 aromatic rings. The van der Waals surface area contributed by atoms with E-state index in [2.05, 4.69) is 9.68 Å². The molecule has 0 unspecified atom stereocenters. The minimum atomic E-state index is -1.55. The Morgan fingerprint density at radius 2 is 2.06 bits per heavy atom. The molecule has 0 spiro atoms. The van der Waals surface area contributed by atoms with Crippen molar-refractivity contribution in [2.45, 2.75) is 44.1 Å². The molecule has 0 radical (unpaired) electrons. The minimum absolute atomic E-state index is 0.741. The Labute approximate surface area is 103 Å². The van der Waals surface area contributed by atoms with Gasteiger partial charge in [0.15, 0.2) is 11.9 Å². The molecule has 1 aliphatic heterocycles. The molecule has 8 heteroatoms. The lowest BCUT2D eigenvalue weighted by molar-refractivity contribution is -0.193. The van der Waals surface area contributed by atoms with E-state index in [9.17, 15) is 19.5 Å². The van der Waals surface area contributed by atoms with Gasteiger partial charge in [-0.2, -0.15) is 4.94 Å². The van der Waals surface area contributed by atoms with Crippen molar-refractivity contribution in [3.8, 4) is 0 Å². The highest BCUT2D eigenvalue weighted by Crippen LogP contribution is 2.31. The Balaban J connectivity index is 2.80. The third-order valence-electron chi connectivity index (χ3n) is 2.53. The van der Waals surface area contributed by atoms with Crippen molar-refractivity contribution in [3.63, 3.8) is 0 Å². The van der Waals surface area contributed by atoms with Crippen LogP contribution in [-0.2, 0) is 23.9 Å². The molecular formula is C10H17FO7. The van der Waals surface area contributed by atoms with Gasteiger partial charge in [-0.15, -0.1) is 0 Å². The van der Waals surface area contributed by atoms with Crippen LogP contribution < -0.4 is 0 Å². The van der Waals surface area contributed by atoms with Crippen LogP contribution in [0.3, 0.4) is 0 Å². The van der Waals surface area contributed by atoms with E-state index in [1.807, 2.05) is 0 Å². The summed E-state index contributed by atoms with van der Waals surface area (Å²) in [5.74, 6) is -1.88. The number of aliphatic hydroxyl groups is 2. The Kier molecular flexibility index (Phi) is 5.00. The molecule has 0 bridgehead atoms. The van der Waals surface area contributed by atoms with E-state index in [1.165, 1.54) is 13.8 Å². The third kappa shape index (κ3) is 3.36. The second kappa shape index (κ2) is 5.89. The molecule has 1 heterocycles. The Morgan fingerprint density at radius 1 is 1.44 bits per heavy atom. The van der Waals surface area contributed by atoms with Gasteiger partial charge >= 0.3 is 5.97 Å². The van der Waals surface area contributed by atoms with Gasteiger partial charge in [-0.05, 0) is 18.4 Å². The molecule has 0 aromatic heterocycles. The van der Waals surface area contributed by atoms with Gasteiger partial charge in [0.25, 0.3) is 0 Å². The SMILES string of the molecule is COC(=O)[C@H]1OC(C)(C)O[C@H]1[C@H](O)[C@@H](O)COF. The summed E-state index contributed by atoms with van der Waals surface area (Å²) in [5, 5.41) is 19.2. The number of hydrogen-bond donors (Lipinski definition) is 2. The standard InChI is InChI=1S/C10H17FO7/c1-10(2)17-7(6(13)5(12)4-16-11)8(18-10)9(14)15-3/h5-8,12-13H,4H2,1-3H3/t5-,6+,7-,8-/m0/s1. The molecule has 7 nitrogen and oxygen atoms in total. The van der Waals surface area contributed by atoms with Gasteiger partial charge in [-0.3, -0.25) is 0 Å². The first-order valence-electron chi connectivity index (χ1n) is 5.35. The first-order chi connectivity index (χ1) is 8.32. The Hall–Kier alpha value is -0.800. The fraction of sp³-hybridized carbons (Fsp3) is 0.900. The maximum atomic E-state index is 11.6. The van der Waals surface area contributed by atoms with Gasteiger partial charge in [0.1, 0.15) is 24.9 Å². The maximum Gasteiger partial charge on any atom is 0.337 e. The molecule has 18 heavy (non-hydrogen) atoms. The maximum absolute atomic E-state index is 11.6. The van der Waals surface area contributed by atoms with E-state index >= 15 is 0 Å². The second-order valence-corrected chi connectivity index (χ2v) is 4.38. The monoisotopic (exact) mass is 268 g/mol. The molecule has 0 aliphatic carbocycles. The Morgan fingerprint density at radius 3 is 2.56 bits per heavy atom. The quantitative estimate of drug-likeness (QED) is 0.637. The average molecular weight is 268 g/mol. The van der Waals surface area contributed by atoms with Crippen LogP contribution in [0.1, 0.15) is 13.8 Å². The van der Waals surface area contributed by atoms with E-state index < -0.39 is 42.8 Å². The summed E-state index contributed by atoms with van der Waals surface area (Å²) in [7, 11) is 1.15. The van der Waals surface area contributed by atoms with E-state index in [0.29, 0.717) is 0 Å². The lowest BCUT2D eigenvalue weighted by Crippen LogP contribution is -2.47. The van der Waals surface area contributed by atoms with Crippen molar-refractivity contribution >= 4 is 5.97 Å². The number of aliphatic hydroxyl groups excluding tert-OH is 2. The summed E-state index contributed by atoms with van der Waals surface area (Å²) in [4.78, 5) is 14.7. The van der Waals surface area contributed by atoms with Crippen LogP contribution in [0.15, 0.2) is 0 Å². The van der Waals surface area contributed by atoms with Gasteiger partial charge in [-0.25, -0.2) is 4.79 Å². The van der Waals surface area contributed by atoms with Gasteiger partial charge in [0.2, 0.25) is 0 Å². The molecule has 0 amide bonds. The van der Waals surface area contributed by atoms with Crippen molar-refractivity contribution < 1.29 is 38.7 Å². The van der Waals surface area contributed by atoms with Crippen LogP contribution in [0.5, 0.6) is 0 Å². The fourth-order valence-electron chi connectivity index (χ4n) is 1.72. The van der Waals surface area contributed by atoms with Crippen molar-refractivity contribution in [2.75, 3.05) is 13.7 Å². The van der Waals surface area contributed by atoms with Crippen LogP contribution in [0.4, 0.5) is 4.53 Å². The van der Waals surface area contributed by atoms with Crippen LogP contribution in [0.25, 0.3) is 0 Å². The summed E-state index contributed by atoms with van der Waals surface area (Å²) in [6, 6.07) is 0. The zero-order valence-electron chi connectivity index (χ0n) is 10.3. The van der Waals surface area contributed by atoms with Gasteiger partial charge in [0, 0.05) is 0 Å². The van der Waals surface area contributed by atoms with Crippen LogP contribution in [0.2, 0.25) is 0 Å². The summed E-state index contributed by atoms with van der Waals surface area (Å²) >= 11 is 0. The molecule has 1 saturated heterocycles. The number of halogens is 1.